The van der Waals surface area contributed by atoms with E-state index in [0.29, 0.717) is 12.0 Å². The lowest BCUT2D eigenvalue weighted by Crippen LogP contribution is -2.39. The number of rotatable bonds is 8. The molecule has 0 spiro atoms. The Balaban J connectivity index is 2.80. The van der Waals surface area contributed by atoms with Gasteiger partial charge in [0.05, 0.1) is 17.9 Å². The van der Waals surface area contributed by atoms with Crippen molar-refractivity contribution in [3.05, 3.63) is 48.6 Å². The van der Waals surface area contributed by atoms with Gasteiger partial charge in [0.15, 0.2) is 0 Å². The molecule has 0 radical (unpaired) electrons. The molecule has 1 atom stereocenters. The largest absolute Gasteiger partial charge is 0.357 e. The molecule has 0 aromatic heterocycles. The molecule has 0 N–H and O–H groups in total. The SMILES string of the molecule is C=CCCCC(C)N(OC(=O)c1ccccc1)S(C)(=O)=O. The number of hydrogen-bond acceptors (Lipinski definition) is 4. The van der Waals surface area contributed by atoms with Gasteiger partial charge in [0.1, 0.15) is 0 Å². The Hall–Kier alpha value is -1.66. The van der Waals surface area contributed by atoms with E-state index in [4.69, 9.17) is 4.84 Å². The zero-order valence-electron chi connectivity index (χ0n) is 12.4. The third-order valence-electron chi connectivity index (χ3n) is 2.90. The highest BCUT2D eigenvalue weighted by molar-refractivity contribution is 7.88. The van der Waals surface area contributed by atoms with Crippen LogP contribution in [0.4, 0.5) is 0 Å². The molecule has 0 heterocycles. The van der Waals surface area contributed by atoms with Crippen molar-refractivity contribution in [2.24, 2.45) is 0 Å². The van der Waals surface area contributed by atoms with E-state index in [9.17, 15) is 13.2 Å². The lowest BCUT2D eigenvalue weighted by Gasteiger charge is -2.24. The van der Waals surface area contributed by atoms with Gasteiger partial charge in [0.2, 0.25) is 10.0 Å². The molecule has 116 valence electrons. The monoisotopic (exact) mass is 311 g/mol. The minimum absolute atomic E-state index is 0.310. The molecule has 0 aliphatic heterocycles. The summed E-state index contributed by atoms with van der Waals surface area (Å²) in [6.45, 7) is 5.33. The maximum Gasteiger partial charge on any atom is 0.357 e. The molecule has 0 aliphatic carbocycles. The van der Waals surface area contributed by atoms with Crippen LogP contribution in [0.5, 0.6) is 0 Å². The van der Waals surface area contributed by atoms with Gasteiger partial charge in [-0.1, -0.05) is 24.3 Å². The van der Waals surface area contributed by atoms with E-state index in [0.717, 1.165) is 23.6 Å². The molecule has 0 amide bonds. The molecule has 0 aliphatic rings. The van der Waals surface area contributed by atoms with Gasteiger partial charge in [-0.25, -0.2) is 13.2 Å². The third-order valence-corrected chi connectivity index (χ3v) is 3.99. The average Bonchev–Trinajstić information content (AvgIpc) is 2.44. The van der Waals surface area contributed by atoms with Gasteiger partial charge in [-0.15, -0.1) is 6.58 Å². The van der Waals surface area contributed by atoms with Crippen LogP contribution in [0.15, 0.2) is 43.0 Å². The zero-order valence-corrected chi connectivity index (χ0v) is 13.2. The van der Waals surface area contributed by atoms with Crippen LogP contribution in [0, 0.1) is 0 Å². The smallest absolute Gasteiger partial charge is 0.348 e. The van der Waals surface area contributed by atoms with Crippen molar-refractivity contribution in [1.82, 2.24) is 4.47 Å². The number of carbonyl (C=O) groups excluding carboxylic acids is 1. The second-order valence-corrected chi connectivity index (χ2v) is 6.66. The fourth-order valence-corrected chi connectivity index (χ4v) is 2.82. The Morgan fingerprint density at radius 1 is 1.38 bits per heavy atom. The number of nitrogens with zero attached hydrogens (tertiary/aromatic N) is 1. The summed E-state index contributed by atoms with van der Waals surface area (Å²) in [7, 11) is -3.64. The Kier molecular flexibility index (Phi) is 6.58. The van der Waals surface area contributed by atoms with Gasteiger partial charge in [-0.2, -0.15) is 0 Å². The topological polar surface area (TPSA) is 63.7 Å². The van der Waals surface area contributed by atoms with E-state index in [1.807, 2.05) is 0 Å². The Morgan fingerprint density at radius 2 is 2.00 bits per heavy atom. The van der Waals surface area contributed by atoms with Crippen molar-refractivity contribution in [1.29, 1.82) is 0 Å². The molecular formula is C15H21NO4S. The van der Waals surface area contributed by atoms with Crippen LogP contribution in [0.2, 0.25) is 0 Å². The number of sulfonamides is 1. The van der Waals surface area contributed by atoms with E-state index < -0.39 is 22.0 Å². The first kappa shape index (κ1) is 17.4. The quantitative estimate of drug-likeness (QED) is 0.421. The second kappa shape index (κ2) is 7.95. The van der Waals surface area contributed by atoms with Crippen molar-refractivity contribution < 1.29 is 18.0 Å². The molecular weight excluding hydrogens is 290 g/mol. The third kappa shape index (κ3) is 5.69. The number of allylic oxidation sites excluding steroid dienone is 1. The van der Waals surface area contributed by atoms with Crippen molar-refractivity contribution in [3.63, 3.8) is 0 Å². The summed E-state index contributed by atoms with van der Waals surface area (Å²) in [5.74, 6) is -0.684. The summed E-state index contributed by atoms with van der Waals surface area (Å²) in [6, 6.07) is 7.87. The fourth-order valence-electron chi connectivity index (χ4n) is 1.86. The number of carbonyl (C=O) groups is 1. The van der Waals surface area contributed by atoms with Gasteiger partial charge < -0.3 is 4.84 Å². The van der Waals surface area contributed by atoms with Crippen LogP contribution in [0.1, 0.15) is 36.5 Å². The number of unbranched alkanes of at least 4 members (excludes halogenated alkanes) is 1. The van der Waals surface area contributed by atoms with Crippen LogP contribution in [0.3, 0.4) is 0 Å². The van der Waals surface area contributed by atoms with Gasteiger partial charge in [0.25, 0.3) is 0 Å². The highest BCUT2D eigenvalue weighted by atomic mass is 32.2. The lowest BCUT2D eigenvalue weighted by molar-refractivity contribution is -0.0659. The number of benzene rings is 1. The molecule has 1 aromatic carbocycles. The Labute approximate surface area is 126 Å². The lowest BCUT2D eigenvalue weighted by atomic mass is 10.1. The van der Waals surface area contributed by atoms with Gasteiger partial charge in [-0.3, -0.25) is 0 Å². The van der Waals surface area contributed by atoms with E-state index in [2.05, 4.69) is 6.58 Å². The molecule has 6 heteroatoms. The molecule has 1 aromatic rings. The Morgan fingerprint density at radius 3 is 2.52 bits per heavy atom. The van der Waals surface area contributed by atoms with Gasteiger partial charge in [-0.05, 0) is 42.8 Å². The summed E-state index contributed by atoms with van der Waals surface area (Å²) in [6.07, 6.45) is 4.94. The first-order valence-corrected chi connectivity index (χ1v) is 8.58. The maximum atomic E-state index is 12.0. The molecule has 1 unspecified atom stereocenters. The van der Waals surface area contributed by atoms with E-state index in [1.165, 1.54) is 0 Å². The normalized spacial score (nSPS) is 12.9. The first-order valence-electron chi connectivity index (χ1n) is 6.74. The minimum atomic E-state index is -3.64. The fraction of sp³-hybridized carbons (Fsp3) is 0.400. The van der Waals surface area contributed by atoms with Crippen molar-refractivity contribution in [3.8, 4) is 0 Å². The highest BCUT2D eigenvalue weighted by Gasteiger charge is 2.28. The van der Waals surface area contributed by atoms with Crippen molar-refractivity contribution >= 4 is 16.0 Å². The molecule has 0 fully saturated rings. The summed E-state index contributed by atoms with van der Waals surface area (Å²) < 4.78 is 24.4. The molecule has 0 saturated carbocycles. The van der Waals surface area contributed by atoms with E-state index in [1.54, 1.807) is 43.3 Å². The average molecular weight is 311 g/mol. The standard InChI is InChI=1S/C15H21NO4S/c1-4-5-7-10-13(2)16(21(3,18)19)20-15(17)14-11-8-6-9-12-14/h4,6,8-9,11-13H,1,5,7,10H2,2-3H3. The summed E-state index contributed by atoms with van der Waals surface area (Å²) in [5, 5.41) is 0. The van der Waals surface area contributed by atoms with Crippen LogP contribution in [-0.4, -0.2) is 31.2 Å². The summed E-state index contributed by atoms with van der Waals surface area (Å²) >= 11 is 0. The second-order valence-electron chi connectivity index (χ2n) is 4.83. The molecule has 21 heavy (non-hydrogen) atoms. The van der Waals surface area contributed by atoms with Crippen molar-refractivity contribution in [2.75, 3.05) is 6.26 Å². The van der Waals surface area contributed by atoms with Gasteiger partial charge >= 0.3 is 5.97 Å². The van der Waals surface area contributed by atoms with Crippen LogP contribution >= 0.6 is 0 Å². The molecule has 0 saturated heterocycles. The molecule has 5 nitrogen and oxygen atoms in total. The van der Waals surface area contributed by atoms with Crippen LogP contribution in [0.25, 0.3) is 0 Å². The number of hydroxylamine groups is 1. The van der Waals surface area contributed by atoms with E-state index in [-0.39, 0.29) is 0 Å². The van der Waals surface area contributed by atoms with E-state index >= 15 is 0 Å². The van der Waals surface area contributed by atoms with Crippen LogP contribution < -0.4 is 0 Å². The Bertz CT molecular complexity index is 569. The van der Waals surface area contributed by atoms with Gasteiger partial charge in [0, 0.05) is 0 Å². The predicted molar refractivity (Wildman–Crippen MR) is 82.1 cm³/mol. The number of hydrogen-bond donors (Lipinski definition) is 0. The molecule has 1 rings (SSSR count). The summed E-state index contributed by atoms with van der Waals surface area (Å²) in [4.78, 5) is 17.1. The highest BCUT2D eigenvalue weighted by Crippen LogP contribution is 2.15. The summed E-state index contributed by atoms with van der Waals surface area (Å²) in [5.41, 5.74) is 0.310. The predicted octanol–water partition coefficient (Wildman–Crippen LogP) is 2.76. The minimum Gasteiger partial charge on any atom is -0.348 e. The molecule has 0 bridgehead atoms. The van der Waals surface area contributed by atoms with Crippen molar-refractivity contribution in [2.45, 2.75) is 32.2 Å². The van der Waals surface area contributed by atoms with Crippen LogP contribution in [-0.2, 0) is 14.9 Å². The maximum absolute atomic E-state index is 12.0. The first-order chi connectivity index (χ1) is 9.86. The zero-order chi connectivity index (χ0) is 15.9.